The number of amides is 1. The molecule has 1 amide bonds. The van der Waals surface area contributed by atoms with E-state index in [2.05, 4.69) is 15.0 Å². The van der Waals surface area contributed by atoms with Crippen LogP contribution in [-0.2, 0) is 33.7 Å². The predicted octanol–water partition coefficient (Wildman–Crippen LogP) is 2.18. The van der Waals surface area contributed by atoms with Gasteiger partial charge in [0.25, 0.3) is 5.56 Å². The van der Waals surface area contributed by atoms with Crippen molar-refractivity contribution >= 4 is 21.6 Å². The normalized spacial score (nSPS) is 13.6. The van der Waals surface area contributed by atoms with Crippen molar-refractivity contribution in [3.8, 4) is 0 Å². The number of aryl methyl sites for hydroxylation is 2. The molecule has 0 atom stereocenters. The van der Waals surface area contributed by atoms with Crippen LogP contribution in [0.4, 0.5) is 5.69 Å². The molecule has 0 radical (unpaired) electrons. The highest BCUT2D eigenvalue weighted by Crippen LogP contribution is 2.27. The summed E-state index contributed by atoms with van der Waals surface area (Å²) in [5, 5.41) is 2.94. The zero-order valence-electron chi connectivity index (χ0n) is 19.3. The fraction of sp³-hybridized carbons (Fsp3) is 0.375. The van der Waals surface area contributed by atoms with Gasteiger partial charge in [0.05, 0.1) is 30.0 Å². The van der Waals surface area contributed by atoms with Crippen molar-refractivity contribution in [1.29, 1.82) is 0 Å². The Labute approximate surface area is 198 Å². The van der Waals surface area contributed by atoms with E-state index in [0.717, 1.165) is 18.5 Å². The van der Waals surface area contributed by atoms with Gasteiger partial charge in [-0.3, -0.25) is 14.3 Å². The lowest BCUT2D eigenvalue weighted by Crippen LogP contribution is -2.31. The van der Waals surface area contributed by atoms with E-state index in [0.29, 0.717) is 29.4 Å². The first-order valence-corrected chi connectivity index (χ1v) is 12.9. The third-order valence-electron chi connectivity index (χ3n) is 5.92. The molecule has 34 heavy (non-hydrogen) atoms. The van der Waals surface area contributed by atoms with Gasteiger partial charge in [0.2, 0.25) is 15.9 Å². The van der Waals surface area contributed by atoms with Gasteiger partial charge in [-0.15, -0.1) is 0 Å². The van der Waals surface area contributed by atoms with Crippen molar-refractivity contribution in [2.75, 3.05) is 11.3 Å². The fourth-order valence-corrected chi connectivity index (χ4v) is 4.93. The first kappa shape index (κ1) is 23.7. The monoisotopic (exact) mass is 483 g/mol. The van der Waals surface area contributed by atoms with Gasteiger partial charge in [-0.1, -0.05) is 30.3 Å². The minimum atomic E-state index is -3.78. The number of hydrogen-bond donors (Lipinski definition) is 2. The van der Waals surface area contributed by atoms with Crippen LogP contribution in [0.2, 0.25) is 0 Å². The molecule has 2 N–H and O–H groups in total. The molecule has 3 aromatic rings. The van der Waals surface area contributed by atoms with Crippen molar-refractivity contribution in [3.05, 3.63) is 81.8 Å². The average Bonchev–Trinajstić information content (AvgIpc) is 3.56. The zero-order valence-corrected chi connectivity index (χ0v) is 20.1. The number of nitrogens with one attached hydrogen (secondary N) is 2. The zero-order chi connectivity index (χ0) is 24.3. The Kier molecular flexibility index (Phi) is 6.87. The summed E-state index contributed by atoms with van der Waals surface area (Å²) in [6.45, 7) is 4.56. The first-order chi connectivity index (χ1) is 16.2. The van der Waals surface area contributed by atoms with Gasteiger partial charge in [-0.2, -0.15) is 0 Å². The number of carbonyl (C=O) groups excluding carboxylic acids is 1. The lowest BCUT2D eigenvalue weighted by atomic mass is 10.2. The minimum Gasteiger partial charge on any atom is -0.354 e. The van der Waals surface area contributed by atoms with Crippen LogP contribution < -0.4 is 15.6 Å². The molecule has 0 bridgehead atoms. The Morgan fingerprint density at radius 2 is 1.85 bits per heavy atom. The van der Waals surface area contributed by atoms with Gasteiger partial charge in [-0.05, 0) is 50.3 Å². The molecule has 4 rings (SSSR count). The molecule has 2 aromatic heterocycles. The van der Waals surface area contributed by atoms with Crippen molar-refractivity contribution in [3.63, 3.8) is 0 Å². The Bertz CT molecular complexity index is 1340. The molecule has 1 aliphatic carbocycles. The summed E-state index contributed by atoms with van der Waals surface area (Å²) >= 11 is 0. The highest BCUT2D eigenvalue weighted by Gasteiger charge is 2.22. The molecule has 0 saturated heterocycles. The molecule has 1 fully saturated rings. The quantitative estimate of drug-likeness (QED) is 0.459. The smallest absolute Gasteiger partial charge is 0.275 e. The van der Waals surface area contributed by atoms with E-state index < -0.39 is 15.6 Å². The number of sulfonamides is 1. The molecule has 9 nitrogen and oxygen atoms in total. The van der Waals surface area contributed by atoms with Crippen molar-refractivity contribution in [1.82, 2.24) is 19.4 Å². The van der Waals surface area contributed by atoms with Crippen LogP contribution in [0.1, 0.15) is 35.5 Å². The van der Waals surface area contributed by atoms with E-state index in [1.165, 1.54) is 10.6 Å². The molecular weight excluding hydrogens is 454 g/mol. The summed E-state index contributed by atoms with van der Waals surface area (Å²) < 4.78 is 31.0. The number of aromatic nitrogens is 3. The predicted molar refractivity (Wildman–Crippen MR) is 130 cm³/mol. The highest BCUT2D eigenvalue weighted by atomic mass is 32.2. The van der Waals surface area contributed by atoms with E-state index in [1.54, 1.807) is 48.1 Å². The van der Waals surface area contributed by atoms with Gasteiger partial charge < -0.3 is 14.5 Å². The van der Waals surface area contributed by atoms with Crippen LogP contribution in [0.3, 0.4) is 0 Å². The maximum Gasteiger partial charge on any atom is 0.275 e. The molecule has 0 spiro atoms. The third-order valence-corrected chi connectivity index (χ3v) is 7.16. The van der Waals surface area contributed by atoms with Crippen LogP contribution in [-0.4, -0.2) is 35.0 Å². The molecule has 0 aliphatic heterocycles. The van der Waals surface area contributed by atoms with Gasteiger partial charge in [0.15, 0.2) is 0 Å². The second-order valence-corrected chi connectivity index (χ2v) is 10.5. The second-order valence-electron chi connectivity index (χ2n) is 8.78. The SMILES string of the molecule is Cc1ncn(CC(=O)NCC2CC2)c1Cn1c(C)ccc(NS(=O)(=O)Cc2ccccc2)c1=O. The number of rotatable bonds is 10. The number of nitrogens with zero attached hydrogens (tertiary/aromatic N) is 3. The summed E-state index contributed by atoms with van der Waals surface area (Å²) in [4.78, 5) is 29.9. The summed E-state index contributed by atoms with van der Waals surface area (Å²) in [7, 11) is -3.78. The number of anilines is 1. The molecule has 1 saturated carbocycles. The largest absolute Gasteiger partial charge is 0.354 e. The molecule has 0 unspecified atom stereocenters. The van der Waals surface area contributed by atoms with Crippen LogP contribution in [0.15, 0.2) is 53.6 Å². The number of carbonyl (C=O) groups is 1. The fourth-order valence-electron chi connectivity index (χ4n) is 3.73. The van der Waals surface area contributed by atoms with Crippen LogP contribution in [0, 0.1) is 19.8 Å². The van der Waals surface area contributed by atoms with Gasteiger partial charge in [0, 0.05) is 12.2 Å². The number of pyridine rings is 1. The summed E-state index contributed by atoms with van der Waals surface area (Å²) in [6.07, 6.45) is 3.90. The lowest BCUT2D eigenvalue weighted by Gasteiger charge is -2.15. The average molecular weight is 484 g/mol. The van der Waals surface area contributed by atoms with Gasteiger partial charge in [-0.25, -0.2) is 13.4 Å². The van der Waals surface area contributed by atoms with E-state index >= 15 is 0 Å². The van der Waals surface area contributed by atoms with Crippen LogP contribution >= 0.6 is 0 Å². The molecule has 180 valence electrons. The Morgan fingerprint density at radius 1 is 1.12 bits per heavy atom. The third kappa shape index (κ3) is 5.93. The molecule has 1 aliphatic rings. The van der Waals surface area contributed by atoms with Crippen LogP contribution in [0.5, 0.6) is 0 Å². The van der Waals surface area contributed by atoms with E-state index in [4.69, 9.17) is 0 Å². The summed E-state index contributed by atoms with van der Waals surface area (Å²) in [5.41, 5.74) is 2.24. The molecule has 2 heterocycles. The molecule has 10 heteroatoms. The lowest BCUT2D eigenvalue weighted by molar-refractivity contribution is -0.121. The maximum absolute atomic E-state index is 13.2. The molecular formula is C24H29N5O4S. The second kappa shape index (κ2) is 9.84. The summed E-state index contributed by atoms with van der Waals surface area (Å²) in [6, 6.07) is 12.0. The Balaban J connectivity index is 1.53. The van der Waals surface area contributed by atoms with Crippen molar-refractivity contribution in [2.24, 2.45) is 5.92 Å². The molecule has 1 aromatic carbocycles. The summed E-state index contributed by atoms with van der Waals surface area (Å²) in [5.74, 6) is 0.253. The maximum atomic E-state index is 13.2. The standard InChI is InChI=1S/C24H29N5O4S/c1-17-8-11-21(27-34(32,33)15-20-6-4-3-5-7-20)24(31)29(17)13-22-18(2)26-16-28(22)14-23(30)25-12-19-9-10-19/h3-8,11,16,19,27H,9-10,12-15H2,1-2H3,(H,25,30). The van der Waals surface area contributed by atoms with Crippen LogP contribution in [0.25, 0.3) is 0 Å². The minimum absolute atomic E-state index is 0.0209. The van der Waals surface area contributed by atoms with E-state index in [9.17, 15) is 18.0 Å². The number of hydrogen-bond acceptors (Lipinski definition) is 5. The van der Waals surface area contributed by atoms with Crippen molar-refractivity contribution in [2.45, 2.75) is 45.5 Å². The van der Waals surface area contributed by atoms with Gasteiger partial charge in [0.1, 0.15) is 12.2 Å². The Hall–Kier alpha value is -3.40. The topological polar surface area (TPSA) is 115 Å². The van der Waals surface area contributed by atoms with E-state index in [1.807, 2.05) is 13.0 Å². The highest BCUT2D eigenvalue weighted by molar-refractivity contribution is 7.91. The number of benzene rings is 1. The first-order valence-electron chi connectivity index (χ1n) is 11.2. The number of imidazole rings is 1. The van der Waals surface area contributed by atoms with Crippen molar-refractivity contribution < 1.29 is 13.2 Å². The van der Waals surface area contributed by atoms with Gasteiger partial charge >= 0.3 is 0 Å². The van der Waals surface area contributed by atoms with E-state index in [-0.39, 0.29) is 30.4 Å². The Morgan fingerprint density at radius 3 is 2.56 bits per heavy atom.